The molecule has 0 saturated carbocycles. The van der Waals surface area contributed by atoms with Gasteiger partial charge in [-0.05, 0) is 6.92 Å². The van der Waals surface area contributed by atoms with E-state index >= 15 is 0 Å². The molecule has 4 nitrogen and oxygen atoms in total. The molecule has 0 fully saturated rings. The van der Waals surface area contributed by atoms with E-state index in [0.717, 1.165) is 5.69 Å². The van der Waals surface area contributed by atoms with Crippen LogP contribution in [0.5, 0.6) is 0 Å². The van der Waals surface area contributed by atoms with Crippen LogP contribution in [-0.4, -0.2) is 32.0 Å². The highest BCUT2D eigenvalue weighted by atomic mass is 32.1. The molecule has 1 aromatic rings. The number of aryl methyl sites for hydroxylation is 1. The van der Waals surface area contributed by atoms with Gasteiger partial charge in [-0.25, -0.2) is 4.98 Å². The van der Waals surface area contributed by atoms with E-state index in [1.165, 1.54) is 6.33 Å². The van der Waals surface area contributed by atoms with E-state index in [1.807, 2.05) is 0 Å². The highest BCUT2D eigenvalue weighted by Crippen LogP contribution is 2.17. The Bertz CT molecular complexity index is 251. The van der Waals surface area contributed by atoms with Crippen LogP contribution in [0, 0.1) is 6.92 Å². The highest BCUT2D eigenvalue weighted by Gasteiger charge is 2.20. The van der Waals surface area contributed by atoms with Crippen LogP contribution in [0.15, 0.2) is 6.33 Å². The summed E-state index contributed by atoms with van der Waals surface area (Å²) in [6.45, 7) is 1.79. The van der Waals surface area contributed by atoms with Crippen molar-refractivity contribution < 1.29 is 10.2 Å². The first-order valence-corrected chi connectivity index (χ1v) is 4.27. The molecule has 0 aromatic carbocycles. The number of H-pyrrole nitrogens is 1. The van der Waals surface area contributed by atoms with E-state index in [2.05, 4.69) is 22.6 Å². The van der Waals surface area contributed by atoms with Crippen molar-refractivity contribution in [2.75, 3.05) is 5.75 Å². The van der Waals surface area contributed by atoms with Gasteiger partial charge in [0.05, 0.1) is 18.1 Å². The topological polar surface area (TPSA) is 69.1 Å². The quantitative estimate of drug-likeness (QED) is 0.506. The number of nitrogens with one attached hydrogen (secondary N) is 1. The number of thiol groups is 1. The van der Waals surface area contributed by atoms with Crippen molar-refractivity contribution in [1.82, 2.24) is 9.97 Å². The molecule has 5 heteroatoms. The van der Waals surface area contributed by atoms with Crippen LogP contribution in [0.2, 0.25) is 0 Å². The second-order valence-electron chi connectivity index (χ2n) is 2.61. The third-order valence-corrected chi connectivity index (χ3v) is 2.07. The normalized spacial score (nSPS) is 16.0. The summed E-state index contributed by atoms with van der Waals surface area (Å²) in [7, 11) is 0. The number of rotatable bonds is 3. The minimum Gasteiger partial charge on any atom is -0.389 e. The molecule has 3 N–H and O–H groups in total. The van der Waals surface area contributed by atoms with Gasteiger partial charge >= 0.3 is 0 Å². The maximum Gasteiger partial charge on any atom is 0.124 e. The van der Waals surface area contributed by atoms with Crippen molar-refractivity contribution in [3.63, 3.8) is 0 Å². The molecule has 1 rings (SSSR count). The Morgan fingerprint density at radius 1 is 1.67 bits per heavy atom. The fourth-order valence-electron chi connectivity index (χ4n) is 0.950. The fraction of sp³-hybridized carbons (Fsp3) is 0.571. The Balaban J connectivity index is 2.77. The molecular formula is C7H12N2O2S. The standard InChI is InChI=1S/C7H12N2O2S/c1-4-6(9-3-8-4)7(11)5(10)2-12/h3,5,7,10-12H,2H2,1H3,(H,8,9). The first-order chi connectivity index (χ1) is 5.66. The summed E-state index contributed by atoms with van der Waals surface area (Å²) in [5.41, 5.74) is 1.25. The van der Waals surface area contributed by atoms with E-state index in [4.69, 9.17) is 0 Å². The molecule has 0 aliphatic rings. The summed E-state index contributed by atoms with van der Waals surface area (Å²) < 4.78 is 0. The number of hydrogen-bond donors (Lipinski definition) is 4. The maximum atomic E-state index is 9.48. The molecule has 1 aromatic heterocycles. The minimum atomic E-state index is -0.950. The smallest absolute Gasteiger partial charge is 0.124 e. The van der Waals surface area contributed by atoms with Crippen molar-refractivity contribution in [3.8, 4) is 0 Å². The molecule has 0 aliphatic heterocycles. The average Bonchev–Trinajstić information content (AvgIpc) is 2.48. The number of aliphatic hydroxyl groups is 2. The number of aromatic amines is 1. The Hall–Kier alpha value is -0.520. The number of aliphatic hydroxyl groups excluding tert-OH is 2. The van der Waals surface area contributed by atoms with Crippen LogP contribution >= 0.6 is 12.6 Å². The van der Waals surface area contributed by atoms with E-state index in [1.54, 1.807) is 6.92 Å². The molecule has 12 heavy (non-hydrogen) atoms. The van der Waals surface area contributed by atoms with Crippen molar-refractivity contribution in [3.05, 3.63) is 17.7 Å². The van der Waals surface area contributed by atoms with Crippen LogP contribution < -0.4 is 0 Å². The molecule has 68 valence electrons. The number of hydrogen-bond acceptors (Lipinski definition) is 4. The summed E-state index contributed by atoms with van der Waals surface area (Å²) in [5, 5.41) is 18.7. The Labute approximate surface area is 76.1 Å². The lowest BCUT2D eigenvalue weighted by Crippen LogP contribution is -2.20. The largest absolute Gasteiger partial charge is 0.389 e. The summed E-state index contributed by atoms with van der Waals surface area (Å²) in [6.07, 6.45) is -0.330. The van der Waals surface area contributed by atoms with Crippen molar-refractivity contribution >= 4 is 12.6 Å². The van der Waals surface area contributed by atoms with Gasteiger partial charge in [-0.2, -0.15) is 12.6 Å². The van der Waals surface area contributed by atoms with E-state index < -0.39 is 12.2 Å². The lowest BCUT2D eigenvalue weighted by molar-refractivity contribution is 0.0308. The Morgan fingerprint density at radius 3 is 2.75 bits per heavy atom. The van der Waals surface area contributed by atoms with Gasteiger partial charge in [0.25, 0.3) is 0 Å². The lowest BCUT2D eigenvalue weighted by Gasteiger charge is -2.13. The predicted molar refractivity (Wildman–Crippen MR) is 48.1 cm³/mol. The number of nitrogens with zero attached hydrogens (tertiary/aromatic N) is 1. The van der Waals surface area contributed by atoms with Gasteiger partial charge in [-0.1, -0.05) is 0 Å². The molecule has 0 bridgehead atoms. The third kappa shape index (κ3) is 1.80. The van der Waals surface area contributed by atoms with Crippen LogP contribution in [-0.2, 0) is 0 Å². The molecule has 0 aliphatic carbocycles. The Morgan fingerprint density at radius 2 is 2.33 bits per heavy atom. The van der Waals surface area contributed by atoms with E-state index in [9.17, 15) is 10.2 Å². The monoisotopic (exact) mass is 188 g/mol. The molecular weight excluding hydrogens is 176 g/mol. The fourth-order valence-corrected chi connectivity index (χ4v) is 1.15. The van der Waals surface area contributed by atoms with Crippen LogP contribution in [0.25, 0.3) is 0 Å². The predicted octanol–water partition coefficient (Wildman–Crippen LogP) is 0.0422. The lowest BCUT2D eigenvalue weighted by atomic mass is 10.1. The zero-order chi connectivity index (χ0) is 9.14. The molecule has 0 amide bonds. The summed E-state index contributed by atoms with van der Waals surface area (Å²) >= 11 is 3.87. The molecule has 1 heterocycles. The zero-order valence-corrected chi connectivity index (χ0v) is 7.62. The Kier molecular flexibility index (Phi) is 3.13. The molecule has 0 spiro atoms. The van der Waals surface area contributed by atoms with Gasteiger partial charge in [-0.15, -0.1) is 0 Å². The second kappa shape index (κ2) is 3.93. The van der Waals surface area contributed by atoms with Gasteiger partial charge in [0.1, 0.15) is 6.10 Å². The maximum absolute atomic E-state index is 9.48. The SMILES string of the molecule is Cc1[nH]cnc1C(O)C(O)CS. The van der Waals surface area contributed by atoms with E-state index in [-0.39, 0.29) is 5.75 Å². The highest BCUT2D eigenvalue weighted by molar-refractivity contribution is 7.80. The van der Waals surface area contributed by atoms with Crippen LogP contribution in [0.4, 0.5) is 0 Å². The molecule has 2 atom stereocenters. The number of imidazole rings is 1. The van der Waals surface area contributed by atoms with E-state index in [0.29, 0.717) is 5.69 Å². The van der Waals surface area contributed by atoms with Gasteiger partial charge in [0, 0.05) is 11.4 Å². The van der Waals surface area contributed by atoms with Crippen molar-refractivity contribution in [2.45, 2.75) is 19.1 Å². The van der Waals surface area contributed by atoms with Crippen molar-refractivity contribution in [1.29, 1.82) is 0 Å². The number of aromatic nitrogens is 2. The molecule has 0 radical (unpaired) electrons. The molecule has 2 unspecified atom stereocenters. The first kappa shape index (κ1) is 9.57. The van der Waals surface area contributed by atoms with Gasteiger partial charge in [0.2, 0.25) is 0 Å². The summed E-state index contributed by atoms with van der Waals surface area (Å²) in [4.78, 5) is 6.71. The third-order valence-electron chi connectivity index (χ3n) is 1.70. The van der Waals surface area contributed by atoms with Crippen molar-refractivity contribution in [2.24, 2.45) is 0 Å². The summed E-state index contributed by atoms with van der Waals surface area (Å²) in [6, 6.07) is 0. The average molecular weight is 188 g/mol. The van der Waals surface area contributed by atoms with Crippen LogP contribution in [0.1, 0.15) is 17.5 Å². The molecule has 0 saturated heterocycles. The second-order valence-corrected chi connectivity index (χ2v) is 2.97. The van der Waals surface area contributed by atoms with Crippen LogP contribution in [0.3, 0.4) is 0 Å². The first-order valence-electron chi connectivity index (χ1n) is 3.63. The van der Waals surface area contributed by atoms with Gasteiger partial charge < -0.3 is 15.2 Å². The summed E-state index contributed by atoms with van der Waals surface area (Å²) in [5.74, 6) is 0.216. The van der Waals surface area contributed by atoms with Gasteiger partial charge in [0.15, 0.2) is 0 Å². The minimum absolute atomic E-state index is 0.216. The van der Waals surface area contributed by atoms with Gasteiger partial charge in [-0.3, -0.25) is 0 Å². The zero-order valence-electron chi connectivity index (χ0n) is 6.73.